The normalized spacial score (nSPS) is 15.2. The molecule has 6 rings (SSSR count). The zero-order valence-corrected chi connectivity index (χ0v) is 19.5. The Hall–Kier alpha value is -3.85. The summed E-state index contributed by atoms with van der Waals surface area (Å²) in [5.74, 6) is 1.85. The summed E-state index contributed by atoms with van der Waals surface area (Å²) in [7, 11) is 0. The number of anilines is 1. The van der Waals surface area contributed by atoms with Gasteiger partial charge in [-0.2, -0.15) is 13.2 Å². The van der Waals surface area contributed by atoms with Crippen LogP contribution < -0.4 is 4.90 Å². The molecule has 0 radical (unpaired) electrons. The molecule has 3 aromatic carbocycles. The number of halogens is 3. The number of para-hydroxylation sites is 4. The van der Waals surface area contributed by atoms with Gasteiger partial charge in [0.25, 0.3) is 0 Å². The minimum atomic E-state index is -4.31. The average Bonchev–Trinajstić information content (AvgIpc) is 3.45. The third-order valence-corrected chi connectivity index (χ3v) is 6.78. The molecule has 0 atom stereocenters. The largest absolute Gasteiger partial charge is 0.416 e. The van der Waals surface area contributed by atoms with Crippen LogP contribution in [-0.2, 0) is 19.3 Å². The van der Waals surface area contributed by atoms with Crippen molar-refractivity contribution in [2.24, 2.45) is 0 Å². The van der Waals surface area contributed by atoms with Crippen LogP contribution in [-0.4, -0.2) is 50.6 Å². The maximum Gasteiger partial charge on any atom is 0.416 e. The highest BCUT2D eigenvalue weighted by Crippen LogP contribution is 2.31. The molecule has 6 nitrogen and oxygen atoms in total. The number of H-pyrrole nitrogens is 1. The Morgan fingerprint density at radius 2 is 1.44 bits per heavy atom. The minimum Gasteiger partial charge on any atom is -0.369 e. The van der Waals surface area contributed by atoms with Gasteiger partial charge < -0.3 is 14.5 Å². The number of fused-ring (bicyclic) bond motifs is 2. The molecule has 5 aromatic rings. The van der Waals surface area contributed by atoms with E-state index in [1.165, 1.54) is 0 Å². The van der Waals surface area contributed by atoms with Crippen molar-refractivity contribution in [1.29, 1.82) is 0 Å². The van der Waals surface area contributed by atoms with Gasteiger partial charge in [0.15, 0.2) is 0 Å². The molecule has 0 spiro atoms. The zero-order valence-electron chi connectivity index (χ0n) is 19.5. The number of rotatable bonds is 5. The number of alkyl halides is 3. The molecular weight excluding hydrogens is 465 g/mol. The molecule has 1 aliphatic rings. The van der Waals surface area contributed by atoms with E-state index >= 15 is 0 Å². The number of nitrogens with zero attached hydrogens (tertiary/aromatic N) is 5. The summed E-state index contributed by atoms with van der Waals surface area (Å²) < 4.78 is 40.9. The third-order valence-electron chi connectivity index (χ3n) is 6.78. The first-order chi connectivity index (χ1) is 17.4. The minimum absolute atomic E-state index is 0.593. The second-order valence-electron chi connectivity index (χ2n) is 9.11. The van der Waals surface area contributed by atoms with Gasteiger partial charge in [-0.3, -0.25) is 4.90 Å². The highest BCUT2D eigenvalue weighted by molar-refractivity contribution is 5.77. The van der Waals surface area contributed by atoms with E-state index in [0.717, 1.165) is 77.7 Å². The van der Waals surface area contributed by atoms with Crippen LogP contribution >= 0.6 is 0 Å². The first kappa shape index (κ1) is 22.6. The van der Waals surface area contributed by atoms with Crippen LogP contribution in [0.1, 0.15) is 17.2 Å². The van der Waals surface area contributed by atoms with Crippen molar-refractivity contribution in [2.75, 3.05) is 31.1 Å². The molecule has 184 valence electrons. The lowest BCUT2D eigenvalue weighted by atomic mass is 10.1. The number of aromatic nitrogens is 4. The number of hydrogen-bond acceptors (Lipinski definition) is 4. The van der Waals surface area contributed by atoms with Crippen LogP contribution in [0.15, 0.2) is 72.8 Å². The Labute approximate surface area is 206 Å². The van der Waals surface area contributed by atoms with Gasteiger partial charge in [-0.25, -0.2) is 9.97 Å². The molecule has 0 saturated carbocycles. The monoisotopic (exact) mass is 490 g/mol. The van der Waals surface area contributed by atoms with Crippen molar-refractivity contribution >= 4 is 27.8 Å². The second-order valence-corrected chi connectivity index (χ2v) is 9.11. The Morgan fingerprint density at radius 1 is 0.750 bits per heavy atom. The number of hydrogen-bond donors (Lipinski definition) is 1. The van der Waals surface area contributed by atoms with E-state index in [2.05, 4.69) is 25.4 Å². The fraction of sp³-hybridized carbons (Fsp3) is 0.259. The summed E-state index contributed by atoms with van der Waals surface area (Å²) in [4.78, 5) is 17.6. The summed E-state index contributed by atoms with van der Waals surface area (Å²) in [6, 6.07) is 21.5. The number of piperazine rings is 1. The van der Waals surface area contributed by atoms with Gasteiger partial charge in [-0.15, -0.1) is 0 Å². The lowest BCUT2D eigenvalue weighted by molar-refractivity contribution is -0.137. The number of benzene rings is 3. The average molecular weight is 491 g/mol. The van der Waals surface area contributed by atoms with Gasteiger partial charge in [0, 0.05) is 31.9 Å². The number of aromatic amines is 1. The Balaban J connectivity index is 1.18. The maximum atomic E-state index is 12.9. The van der Waals surface area contributed by atoms with Gasteiger partial charge >= 0.3 is 6.18 Å². The van der Waals surface area contributed by atoms with E-state index in [1.54, 1.807) is 12.1 Å². The predicted octanol–water partition coefficient (Wildman–Crippen LogP) is 5.30. The van der Waals surface area contributed by atoms with E-state index in [1.807, 2.05) is 42.5 Å². The van der Waals surface area contributed by atoms with Crippen LogP contribution in [0.4, 0.5) is 18.9 Å². The van der Waals surface area contributed by atoms with Gasteiger partial charge in [0.05, 0.1) is 40.7 Å². The van der Waals surface area contributed by atoms with Crippen LogP contribution in [0.5, 0.6) is 0 Å². The fourth-order valence-corrected chi connectivity index (χ4v) is 4.88. The SMILES string of the molecule is FC(F)(F)c1ccc(N2CCN(Cc3nc4ccccc4n3Cc3nc4ccccc4[nH]3)CC2)cc1. The number of imidazole rings is 2. The van der Waals surface area contributed by atoms with Crippen LogP contribution in [0, 0.1) is 0 Å². The van der Waals surface area contributed by atoms with E-state index in [9.17, 15) is 13.2 Å². The predicted molar refractivity (Wildman–Crippen MR) is 134 cm³/mol. The molecule has 2 aromatic heterocycles. The molecule has 1 N–H and O–H groups in total. The summed E-state index contributed by atoms with van der Waals surface area (Å²) in [5.41, 5.74) is 4.17. The highest BCUT2D eigenvalue weighted by Gasteiger charge is 2.30. The van der Waals surface area contributed by atoms with Crippen LogP contribution in [0.25, 0.3) is 22.1 Å². The summed E-state index contributed by atoms with van der Waals surface area (Å²) >= 11 is 0. The molecule has 1 fully saturated rings. The first-order valence-corrected chi connectivity index (χ1v) is 12.0. The quantitative estimate of drug-likeness (QED) is 0.363. The van der Waals surface area contributed by atoms with Gasteiger partial charge in [-0.05, 0) is 48.5 Å². The summed E-state index contributed by atoms with van der Waals surface area (Å²) in [6.45, 7) is 4.37. The van der Waals surface area contributed by atoms with Crippen LogP contribution in [0.3, 0.4) is 0 Å². The summed E-state index contributed by atoms with van der Waals surface area (Å²) in [6.07, 6.45) is -4.31. The van der Waals surface area contributed by atoms with E-state index in [-0.39, 0.29) is 0 Å². The highest BCUT2D eigenvalue weighted by atomic mass is 19.4. The Bertz CT molecular complexity index is 1460. The topological polar surface area (TPSA) is 53.0 Å². The van der Waals surface area contributed by atoms with E-state index in [4.69, 9.17) is 9.97 Å². The van der Waals surface area contributed by atoms with Crippen molar-refractivity contribution in [3.05, 3.63) is 90.0 Å². The van der Waals surface area contributed by atoms with Crippen molar-refractivity contribution in [3.8, 4) is 0 Å². The van der Waals surface area contributed by atoms with Gasteiger partial charge in [0.1, 0.15) is 11.6 Å². The molecule has 3 heterocycles. The lowest BCUT2D eigenvalue weighted by Crippen LogP contribution is -2.46. The molecule has 0 unspecified atom stereocenters. The molecule has 0 amide bonds. The van der Waals surface area contributed by atoms with Crippen molar-refractivity contribution < 1.29 is 13.2 Å². The van der Waals surface area contributed by atoms with E-state index < -0.39 is 11.7 Å². The number of nitrogens with one attached hydrogen (secondary N) is 1. The summed E-state index contributed by atoms with van der Waals surface area (Å²) in [5, 5.41) is 0. The van der Waals surface area contributed by atoms with Crippen molar-refractivity contribution in [1.82, 2.24) is 24.4 Å². The third kappa shape index (κ3) is 4.42. The van der Waals surface area contributed by atoms with Crippen molar-refractivity contribution in [2.45, 2.75) is 19.3 Å². The lowest BCUT2D eigenvalue weighted by Gasteiger charge is -2.36. The zero-order chi connectivity index (χ0) is 24.7. The van der Waals surface area contributed by atoms with Crippen LogP contribution in [0.2, 0.25) is 0 Å². The molecule has 0 bridgehead atoms. The molecule has 1 aliphatic heterocycles. The molecule has 36 heavy (non-hydrogen) atoms. The molecule has 1 saturated heterocycles. The smallest absolute Gasteiger partial charge is 0.369 e. The standard InChI is InChI=1S/C27H25F3N6/c28-27(29,30)19-9-11-20(12-10-19)35-15-13-34(14-16-35)18-26-33-23-7-3-4-8-24(23)36(26)17-25-31-21-5-1-2-6-22(21)32-25/h1-12H,13-18H2,(H,31,32). The van der Waals surface area contributed by atoms with Gasteiger partial charge in [-0.1, -0.05) is 24.3 Å². The first-order valence-electron chi connectivity index (χ1n) is 12.0. The maximum absolute atomic E-state index is 12.9. The molecule has 9 heteroatoms. The van der Waals surface area contributed by atoms with E-state index in [0.29, 0.717) is 13.1 Å². The Morgan fingerprint density at radius 3 is 2.17 bits per heavy atom. The van der Waals surface area contributed by atoms with Gasteiger partial charge in [0.2, 0.25) is 0 Å². The fourth-order valence-electron chi connectivity index (χ4n) is 4.88. The molecule has 0 aliphatic carbocycles. The second kappa shape index (κ2) is 8.98. The van der Waals surface area contributed by atoms with Crippen molar-refractivity contribution in [3.63, 3.8) is 0 Å². The Kier molecular flexibility index (Phi) is 5.64. The molecular formula is C27H25F3N6.